The van der Waals surface area contributed by atoms with Crippen LogP contribution in [0.2, 0.25) is 0 Å². The van der Waals surface area contributed by atoms with E-state index >= 15 is 0 Å². The van der Waals surface area contributed by atoms with E-state index in [1.165, 1.54) is 6.42 Å². The van der Waals surface area contributed by atoms with Gasteiger partial charge in [-0.1, -0.05) is 12.8 Å². The molecular weight excluding hydrogens is 244 g/mol. The van der Waals surface area contributed by atoms with Crippen LogP contribution in [0.4, 0.5) is 0 Å². The number of carbonyl (C=O) groups excluding carboxylic acids is 1. The van der Waals surface area contributed by atoms with Crippen LogP contribution in [-0.2, 0) is 4.74 Å². The predicted molar refractivity (Wildman–Crippen MR) is 70.8 cm³/mol. The van der Waals surface area contributed by atoms with E-state index in [0.717, 1.165) is 25.8 Å². The molecule has 1 aromatic heterocycles. The van der Waals surface area contributed by atoms with Crippen molar-refractivity contribution in [1.82, 2.24) is 20.7 Å². The standard InChI is InChI=1S/C13H22N4O2/c1-13(2,3)19-12(18)11-10(15-17-16-11)9-7-5-4-6-8-14-9/h9,14H,4-8H2,1-3H3,(H,15,16,17). The highest BCUT2D eigenvalue weighted by Gasteiger charge is 2.28. The molecule has 0 spiro atoms. The van der Waals surface area contributed by atoms with Crippen LogP contribution in [0.5, 0.6) is 0 Å². The molecule has 0 amide bonds. The highest BCUT2D eigenvalue weighted by Crippen LogP contribution is 2.24. The Kier molecular flexibility index (Phi) is 4.19. The quantitative estimate of drug-likeness (QED) is 0.800. The molecule has 1 unspecified atom stereocenters. The van der Waals surface area contributed by atoms with Crippen molar-refractivity contribution in [2.24, 2.45) is 0 Å². The summed E-state index contributed by atoms with van der Waals surface area (Å²) in [5, 5.41) is 14.0. The van der Waals surface area contributed by atoms with Crippen LogP contribution in [0.1, 0.15) is 68.7 Å². The molecule has 0 bridgehead atoms. The van der Waals surface area contributed by atoms with Gasteiger partial charge in [-0.2, -0.15) is 10.3 Å². The molecule has 1 saturated heterocycles. The summed E-state index contributed by atoms with van der Waals surface area (Å²) < 4.78 is 5.36. The average Bonchev–Trinajstić information content (AvgIpc) is 2.63. The first-order valence-corrected chi connectivity index (χ1v) is 6.85. The SMILES string of the molecule is CC(C)(C)OC(=O)c1n[nH]nc1C1CCCCCN1. The summed E-state index contributed by atoms with van der Waals surface area (Å²) in [7, 11) is 0. The minimum Gasteiger partial charge on any atom is -0.455 e. The highest BCUT2D eigenvalue weighted by atomic mass is 16.6. The molecule has 106 valence electrons. The molecule has 0 aliphatic carbocycles. The van der Waals surface area contributed by atoms with E-state index in [-0.39, 0.29) is 6.04 Å². The summed E-state index contributed by atoms with van der Waals surface area (Å²) in [5.74, 6) is -0.415. The van der Waals surface area contributed by atoms with Crippen LogP contribution in [0.3, 0.4) is 0 Å². The summed E-state index contributed by atoms with van der Waals surface area (Å²) in [6.45, 7) is 6.48. The van der Waals surface area contributed by atoms with E-state index in [1.54, 1.807) is 0 Å². The van der Waals surface area contributed by atoms with Crippen molar-refractivity contribution in [1.29, 1.82) is 0 Å². The Morgan fingerprint density at radius 2 is 2.05 bits per heavy atom. The molecule has 2 N–H and O–H groups in total. The third-order valence-electron chi connectivity index (χ3n) is 3.06. The van der Waals surface area contributed by atoms with Crippen LogP contribution in [0.25, 0.3) is 0 Å². The van der Waals surface area contributed by atoms with E-state index in [4.69, 9.17) is 4.74 Å². The van der Waals surface area contributed by atoms with Crippen LogP contribution in [0, 0.1) is 0 Å². The second kappa shape index (κ2) is 5.69. The number of hydrogen-bond acceptors (Lipinski definition) is 5. The monoisotopic (exact) mass is 266 g/mol. The number of nitrogens with one attached hydrogen (secondary N) is 2. The molecule has 2 rings (SSSR count). The van der Waals surface area contributed by atoms with Crippen molar-refractivity contribution in [3.8, 4) is 0 Å². The van der Waals surface area contributed by atoms with Gasteiger partial charge in [-0.3, -0.25) is 0 Å². The molecule has 0 radical (unpaired) electrons. The maximum Gasteiger partial charge on any atom is 0.361 e. The van der Waals surface area contributed by atoms with Gasteiger partial charge in [-0.15, -0.1) is 5.10 Å². The lowest BCUT2D eigenvalue weighted by molar-refractivity contribution is 0.00607. The van der Waals surface area contributed by atoms with E-state index < -0.39 is 11.6 Å². The lowest BCUT2D eigenvalue weighted by Crippen LogP contribution is -2.27. The van der Waals surface area contributed by atoms with Crippen molar-refractivity contribution in [3.63, 3.8) is 0 Å². The molecule has 1 fully saturated rings. The highest BCUT2D eigenvalue weighted by molar-refractivity contribution is 5.88. The van der Waals surface area contributed by atoms with Crippen molar-refractivity contribution in [2.45, 2.75) is 58.1 Å². The second-order valence-electron chi connectivity index (χ2n) is 5.92. The minimum atomic E-state index is -0.524. The van der Waals surface area contributed by atoms with Gasteiger partial charge in [0.1, 0.15) is 11.3 Å². The Morgan fingerprint density at radius 1 is 1.26 bits per heavy atom. The summed E-state index contributed by atoms with van der Waals surface area (Å²) in [6.07, 6.45) is 4.49. The van der Waals surface area contributed by atoms with Gasteiger partial charge in [0.05, 0.1) is 6.04 Å². The lowest BCUT2D eigenvalue weighted by Gasteiger charge is -2.20. The van der Waals surface area contributed by atoms with E-state index in [0.29, 0.717) is 11.4 Å². The Morgan fingerprint density at radius 3 is 2.79 bits per heavy atom. The van der Waals surface area contributed by atoms with Crippen molar-refractivity contribution < 1.29 is 9.53 Å². The lowest BCUT2D eigenvalue weighted by atomic mass is 10.1. The van der Waals surface area contributed by atoms with Gasteiger partial charge >= 0.3 is 5.97 Å². The molecule has 0 aromatic carbocycles. The molecule has 1 aromatic rings. The summed E-state index contributed by atoms with van der Waals surface area (Å²) in [6, 6.07) is 0.0868. The third kappa shape index (κ3) is 3.76. The van der Waals surface area contributed by atoms with Gasteiger partial charge in [-0.25, -0.2) is 4.79 Å². The maximum absolute atomic E-state index is 12.1. The Hall–Kier alpha value is -1.43. The zero-order valence-electron chi connectivity index (χ0n) is 11.8. The van der Waals surface area contributed by atoms with Crippen molar-refractivity contribution in [2.75, 3.05) is 6.54 Å². The second-order valence-corrected chi connectivity index (χ2v) is 5.92. The molecule has 6 nitrogen and oxygen atoms in total. The largest absolute Gasteiger partial charge is 0.455 e. The molecule has 6 heteroatoms. The molecule has 19 heavy (non-hydrogen) atoms. The van der Waals surface area contributed by atoms with Gasteiger partial charge < -0.3 is 10.1 Å². The number of ether oxygens (including phenoxy) is 1. The molecule has 1 aliphatic heterocycles. The van der Waals surface area contributed by atoms with E-state index in [2.05, 4.69) is 20.7 Å². The number of aromatic amines is 1. The fourth-order valence-electron chi connectivity index (χ4n) is 2.22. The zero-order valence-corrected chi connectivity index (χ0v) is 11.8. The van der Waals surface area contributed by atoms with Crippen LogP contribution >= 0.6 is 0 Å². The Balaban J connectivity index is 2.14. The maximum atomic E-state index is 12.1. The van der Waals surface area contributed by atoms with Gasteiger partial charge in [0.25, 0.3) is 0 Å². The minimum absolute atomic E-state index is 0.0868. The molecule has 1 atom stereocenters. The molecule has 1 aliphatic rings. The number of rotatable bonds is 2. The number of hydrogen-bond donors (Lipinski definition) is 2. The van der Waals surface area contributed by atoms with Gasteiger partial charge in [-0.05, 0) is 40.2 Å². The predicted octanol–water partition coefficient (Wildman–Crippen LogP) is 1.96. The molecular formula is C13H22N4O2. The smallest absolute Gasteiger partial charge is 0.361 e. The van der Waals surface area contributed by atoms with Crippen LogP contribution in [-0.4, -0.2) is 33.5 Å². The van der Waals surface area contributed by atoms with Crippen LogP contribution in [0.15, 0.2) is 0 Å². The number of aromatic nitrogens is 3. The first-order chi connectivity index (χ1) is 8.97. The molecule has 0 saturated carbocycles. The normalized spacial score (nSPS) is 20.9. The summed E-state index contributed by atoms with van der Waals surface area (Å²) in [4.78, 5) is 12.1. The first kappa shape index (κ1) is 14.0. The molecule has 2 heterocycles. The van der Waals surface area contributed by atoms with Crippen LogP contribution < -0.4 is 5.32 Å². The summed E-state index contributed by atoms with van der Waals surface area (Å²) in [5.41, 5.74) is 0.454. The number of nitrogens with zero attached hydrogens (tertiary/aromatic N) is 2. The third-order valence-corrected chi connectivity index (χ3v) is 3.06. The van der Waals surface area contributed by atoms with Crippen molar-refractivity contribution in [3.05, 3.63) is 11.4 Å². The topological polar surface area (TPSA) is 79.9 Å². The number of esters is 1. The van der Waals surface area contributed by atoms with E-state index in [1.807, 2.05) is 20.8 Å². The zero-order chi connectivity index (χ0) is 13.9. The van der Waals surface area contributed by atoms with Gasteiger partial charge in [0, 0.05) is 0 Å². The van der Waals surface area contributed by atoms with E-state index in [9.17, 15) is 4.79 Å². The number of carbonyl (C=O) groups is 1. The van der Waals surface area contributed by atoms with Crippen molar-refractivity contribution >= 4 is 5.97 Å². The summed E-state index contributed by atoms with van der Waals surface area (Å²) >= 11 is 0. The average molecular weight is 266 g/mol. The van der Waals surface area contributed by atoms with Gasteiger partial charge in [0.2, 0.25) is 0 Å². The fraction of sp³-hybridized carbons (Fsp3) is 0.769. The Bertz CT molecular complexity index is 428. The first-order valence-electron chi connectivity index (χ1n) is 6.85. The fourth-order valence-corrected chi connectivity index (χ4v) is 2.22. The number of H-pyrrole nitrogens is 1. The Labute approximate surface area is 113 Å². The van der Waals surface area contributed by atoms with Gasteiger partial charge in [0.15, 0.2) is 5.69 Å².